The number of benzene rings is 2. The molecule has 132 valence electrons. The predicted molar refractivity (Wildman–Crippen MR) is 104 cm³/mol. The molecule has 4 nitrogen and oxygen atoms in total. The summed E-state index contributed by atoms with van der Waals surface area (Å²) in [7, 11) is 1.65. The molecule has 1 fully saturated rings. The number of nitrogens with zero attached hydrogens (tertiary/aromatic N) is 2. The van der Waals surface area contributed by atoms with Crippen molar-refractivity contribution < 1.29 is 0 Å². The third-order valence-corrected chi connectivity index (χ3v) is 5.28. The summed E-state index contributed by atoms with van der Waals surface area (Å²) in [5.41, 5.74) is 10.6. The molecule has 4 rings (SSSR count). The van der Waals surface area contributed by atoms with Crippen molar-refractivity contribution in [3.05, 3.63) is 93.4 Å². The van der Waals surface area contributed by atoms with Gasteiger partial charge in [0.1, 0.15) is 0 Å². The quantitative estimate of drug-likeness (QED) is 0.771. The molecule has 0 radical (unpaired) electrons. The van der Waals surface area contributed by atoms with Gasteiger partial charge in [0.05, 0.1) is 5.69 Å². The van der Waals surface area contributed by atoms with Gasteiger partial charge in [-0.05, 0) is 41.9 Å². The second-order valence-corrected chi connectivity index (χ2v) is 7.12. The van der Waals surface area contributed by atoms with Gasteiger partial charge >= 0.3 is 0 Å². The van der Waals surface area contributed by atoms with Gasteiger partial charge in [-0.3, -0.25) is 9.36 Å². The van der Waals surface area contributed by atoms with Crippen LogP contribution < -0.4 is 11.3 Å². The van der Waals surface area contributed by atoms with Crippen LogP contribution >= 0.6 is 0 Å². The summed E-state index contributed by atoms with van der Waals surface area (Å²) in [5, 5.41) is 0. The topological polar surface area (TPSA) is 60.9 Å². The Morgan fingerprint density at radius 1 is 1.00 bits per heavy atom. The fourth-order valence-electron chi connectivity index (χ4n) is 3.57. The van der Waals surface area contributed by atoms with E-state index in [1.54, 1.807) is 13.1 Å². The number of nitrogen functional groups attached to an aromatic ring is 1. The highest BCUT2D eigenvalue weighted by Crippen LogP contribution is 2.54. The monoisotopic (exact) mass is 345 g/mol. The Bertz CT molecular complexity index is 978. The molecule has 2 atom stereocenters. The first-order valence-corrected chi connectivity index (χ1v) is 9.08. The minimum Gasteiger partial charge on any atom is -0.369 e. The molecule has 4 heteroatoms. The van der Waals surface area contributed by atoms with Crippen LogP contribution in [0.2, 0.25) is 0 Å². The minimum absolute atomic E-state index is 0.0882. The molecule has 26 heavy (non-hydrogen) atoms. The average molecular weight is 345 g/mol. The fourth-order valence-corrected chi connectivity index (χ4v) is 3.57. The molecule has 0 saturated heterocycles. The fraction of sp³-hybridized carbons (Fsp3) is 0.273. The van der Waals surface area contributed by atoms with E-state index >= 15 is 0 Å². The van der Waals surface area contributed by atoms with Crippen molar-refractivity contribution in [1.29, 1.82) is 0 Å². The lowest BCUT2D eigenvalue weighted by Crippen LogP contribution is -2.21. The van der Waals surface area contributed by atoms with Crippen LogP contribution in [0.4, 0.5) is 5.95 Å². The predicted octanol–water partition coefficient (Wildman–Crippen LogP) is 3.42. The van der Waals surface area contributed by atoms with Gasteiger partial charge in [-0.15, -0.1) is 0 Å². The van der Waals surface area contributed by atoms with Crippen molar-refractivity contribution in [2.45, 2.75) is 31.1 Å². The highest BCUT2D eigenvalue weighted by molar-refractivity contribution is 5.37. The van der Waals surface area contributed by atoms with E-state index in [0.717, 1.165) is 25.0 Å². The lowest BCUT2D eigenvalue weighted by atomic mass is 10.00. The van der Waals surface area contributed by atoms with Crippen LogP contribution in [0, 0.1) is 0 Å². The molecule has 0 amide bonds. The number of aromatic nitrogens is 2. The van der Waals surface area contributed by atoms with E-state index in [9.17, 15) is 4.79 Å². The number of hydrogen-bond donors (Lipinski definition) is 1. The second kappa shape index (κ2) is 6.79. The Morgan fingerprint density at radius 2 is 1.73 bits per heavy atom. The maximum atomic E-state index is 12.0. The van der Waals surface area contributed by atoms with Gasteiger partial charge in [-0.25, -0.2) is 4.98 Å². The van der Waals surface area contributed by atoms with Crippen molar-refractivity contribution in [1.82, 2.24) is 9.55 Å². The van der Waals surface area contributed by atoms with Crippen LogP contribution in [0.25, 0.3) is 0 Å². The van der Waals surface area contributed by atoms with E-state index in [-0.39, 0.29) is 11.5 Å². The molecule has 1 heterocycles. The first-order chi connectivity index (χ1) is 12.6. The average Bonchev–Trinajstić information content (AvgIpc) is 3.46. The first kappa shape index (κ1) is 16.6. The van der Waals surface area contributed by atoms with Gasteiger partial charge in [0, 0.05) is 19.0 Å². The van der Waals surface area contributed by atoms with Crippen LogP contribution in [0.15, 0.2) is 65.5 Å². The Morgan fingerprint density at radius 3 is 2.50 bits per heavy atom. The van der Waals surface area contributed by atoms with Crippen molar-refractivity contribution in [2.75, 3.05) is 5.73 Å². The molecule has 1 saturated carbocycles. The maximum Gasteiger partial charge on any atom is 0.254 e. The molecular formula is C22H23N3O. The molecule has 2 N–H and O–H groups in total. The summed E-state index contributed by atoms with van der Waals surface area (Å²) in [6.45, 7) is 0. The lowest BCUT2D eigenvalue weighted by Gasteiger charge is -2.07. The Hall–Kier alpha value is -2.88. The normalized spacial score (nSPS) is 18.7. The van der Waals surface area contributed by atoms with Crippen molar-refractivity contribution >= 4 is 5.95 Å². The highest BCUT2D eigenvalue weighted by Gasteiger charge is 2.41. The van der Waals surface area contributed by atoms with Crippen LogP contribution in [0.3, 0.4) is 0 Å². The largest absolute Gasteiger partial charge is 0.369 e. The van der Waals surface area contributed by atoms with Gasteiger partial charge in [0.15, 0.2) is 0 Å². The van der Waals surface area contributed by atoms with Crippen LogP contribution in [-0.4, -0.2) is 9.55 Å². The summed E-state index contributed by atoms with van der Waals surface area (Å²) in [5.74, 6) is 1.02. The summed E-state index contributed by atoms with van der Waals surface area (Å²) >= 11 is 0. The Balaban J connectivity index is 1.47. The molecule has 0 aliphatic heterocycles. The van der Waals surface area contributed by atoms with Gasteiger partial charge < -0.3 is 5.73 Å². The van der Waals surface area contributed by atoms with Crippen LogP contribution in [-0.2, 0) is 19.9 Å². The maximum absolute atomic E-state index is 12.0. The van der Waals surface area contributed by atoms with Crippen molar-refractivity contribution in [3.8, 4) is 0 Å². The van der Waals surface area contributed by atoms with Crippen LogP contribution in [0.5, 0.6) is 0 Å². The third-order valence-electron chi connectivity index (χ3n) is 5.28. The molecular weight excluding hydrogens is 322 g/mol. The SMILES string of the molecule is Cn1c(N)nc([C@H]2C[C@H]2c2cccc(CCc3ccccc3)c2)cc1=O. The molecule has 2 aromatic carbocycles. The van der Waals surface area contributed by atoms with E-state index in [4.69, 9.17) is 5.73 Å². The van der Waals surface area contributed by atoms with Gasteiger partial charge in [-0.2, -0.15) is 0 Å². The van der Waals surface area contributed by atoms with E-state index in [2.05, 4.69) is 59.6 Å². The standard InChI is InChI=1S/C22H23N3O/c1-25-21(26)14-20(24-22(25)23)19-13-18(19)17-9-5-8-16(12-17)11-10-15-6-3-2-4-7-15/h2-9,12,14,18-19H,10-11,13H2,1H3,(H2,23,24)/t18-,19-/m0/s1. The summed E-state index contributed by atoms with van der Waals surface area (Å²) < 4.78 is 1.38. The van der Waals surface area contributed by atoms with E-state index in [0.29, 0.717) is 11.8 Å². The Kier molecular flexibility index (Phi) is 4.33. The number of hydrogen-bond acceptors (Lipinski definition) is 3. The summed E-state index contributed by atoms with van der Waals surface area (Å²) in [4.78, 5) is 16.4. The highest BCUT2D eigenvalue weighted by atomic mass is 16.1. The van der Waals surface area contributed by atoms with Gasteiger partial charge in [0.2, 0.25) is 5.95 Å². The molecule has 1 aromatic heterocycles. The van der Waals surface area contributed by atoms with E-state index < -0.39 is 0 Å². The minimum atomic E-state index is -0.0882. The number of nitrogens with two attached hydrogens (primary N) is 1. The zero-order chi connectivity index (χ0) is 18.1. The molecule has 0 bridgehead atoms. The van der Waals surface area contributed by atoms with Gasteiger partial charge in [0.25, 0.3) is 5.56 Å². The molecule has 3 aromatic rings. The Labute approximate surface area is 153 Å². The number of rotatable bonds is 5. The lowest BCUT2D eigenvalue weighted by molar-refractivity contribution is 0.813. The van der Waals surface area contributed by atoms with E-state index in [1.807, 2.05) is 0 Å². The van der Waals surface area contributed by atoms with E-state index in [1.165, 1.54) is 21.3 Å². The van der Waals surface area contributed by atoms with Crippen LogP contribution in [0.1, 0.15) is 40.6 Å². The van der Waals surface area contributed by atoms with Crippen molar-refractivity contribution in [2.24, 2.45) is 7.05 Å². The zero-order valence-corrected chi connectivity index (χ0v) is 14.9. The molecule has 1 aliphatic rings. The molecule has 0 spiro atoms. The number of anilines is 1. The smallest absolute Gasteiger partial charge is 0.254 e. The molecule has 0 unspecified atom stereocenters. The second-order valence-electron chi connectivity index (χ2n) is 7.12. The molecule has 1 aliphatic carbocycles. The van der Waals surface area contributed by atoms with Gasteiger partial charge in [-0.1, -0.05) is 54.6 Å². The summed E-state index contributed by atoms with van der Waals surface area (Å²) in [6, 6.07) is 21.0. The van der Waals surface area contributed by atoms with Crippen molar-refractivity contribution in [3.63, 3.8) is 0 Å². The summed E-state index contributed by atoms with van der Waals surface area (Å²) in [6.07, 6.45) is 3.11. The zero-order valence-electron chi connectivity index (χ0n) is 14.9. The number of aryl methyl sites for hydroxylation is 2. The first-order valence-electron chi connectivity index (χ1n) is 9.08. The third kappa shape index (κ3) is 3.40.